The number of aromatic nitrogens is 2. The Morgan fingerprint density at radius 3 is 2.36 bits per heavy atom. The summed E-state index contributed by atoms with van der Waals surface area (Å²) in [7, 11) is 0. The van der Waals surface area contributed by atoms with E-state index in [9.17, 15) is 9.50 Å². The summed E-state index contributed by atoms with van der Waals surface area (Å²) in [4.78, 5) is 8.97. The number of aromatic hydroxyl groups is 1. The third kappa shape index (κ3) is 2.87. The van der Waals surface area contributed by atoms with Crippen LogP contribution >= 0.6 is 0 Å². The summed E-state index contributed by atoms with van der Waals surface area (Å²) in [6.45, 7) is 0. The predicted molar refractivity (Wildman–Crippen MR) is 96.3 cm³/mol. The molecule has 122 valence electrons. The van der Waals surface area contributed by atoms with Gasteiger partial charge in [-0.25, -0.2) is 14.4 Å². The quantitative estimate of drug-likeness (QED) is 0.525. The molecule has 0 atom stereocenters. The molecule has 0 unspecified atom stereocenters. The molecule has 4 rings (SSSR count). The Morgan fingerprint density at radius 1 is 0.800 bits per heavy atom. The van der Waals surface area contributed by atoms with Crippen LogP contribution in [-0.2, 0) is 0 Å². The molecule has 0 saturated carbocycles. The maximum Gasteiger partial charge on any atom is 0.165 e. The lowest BCUT2D eigenvalue weighted by atomic mass is 10.1. The smallest absolute Gasteiger partial charge is 0.165 e. The summed E-state index contributed by atoms with van der Waals surface area (Å²) in [6, 6.07) is 20.7. The number of nitrogens with one attached hydrogen (secondary N) is 1. The third-order valence-electron chi connectivity index (χ3n) is 3.88. The number of anilines is 2. The molecule has 0 radical (unpaired) electrons. The molecular formula is C20H14FN3O. The fraction of sp³-hybridized carbons (Fsp3) is 0. The Balaban J connectivity index is 1.91. The largest absolute Gasteiger partial charge is 0.506 e. The topological polar surface area (TPSA) is 58.0 Å². The van der Waals surface area contributed by atoms with E-state index < -0.39 is 0 Å². The fourth-order valence-corrected chi connectivity index (χ4v) is 2.64. The molecule has 0 spiro atoms. The molecule has 0 aliphatic heterocycles. The lowest BCUT2D eigenvalue weighted by Gasteiger charge is -2.12. The second kappa shape index (κ2) is 6.20. The summed E-state index contributed by atoms with van der Waals surface area (Å²) in [5.41, 5.74) is 1.54. The Bertz CT molecular complexity index is 1070. The van der Waals surface area contributed by atoms with E-state index in [4.69, 9.17) is 0 Å². The van der Waals surface area contributed by atoms with Gasteiger partial charge < -0.3 is 10.4 Å². The number of nitrogens with zero attached hydrogens (tertiary/aromatic N) is 2. The zero-order valence-corrected chi connectivity index (χ0v) is 13.1. The summed E-state index contributed by atoms with van der Waals surface area (Å²) < 4.78 is 14.2. The van der Waals surface area contributed by atoms with Gasteiger partial charge in [0.05, 0.1) is 16.8 Å². The van der Waals surface area contributed by atoms with Crippen molar-refractivity contribution in [3.05, 3.63) is 78.6 Å². The first-order chi connectivity index (χ1) is 12.2. The van der Waals surface area contributed by atoms with Crippen LogP contribution in [0, 0.1) is 5.82 Å². The van der Waals surface area contributed by atoms with Gasteiger partial charge in [-0.15, -0.1) is 0 Å². The Labute approximate surface area is 143 Å². The van der Waals surface area contributed by atoms with E-state index in [2.05, 4.69) is 15.3 Å². The van der Waals surface area contributed by atoms with Crippen LogP contribution in [0.2, 0.25) is 0 Å². The maximum atomic E-state index is 14.2. The number of halogens is 1. The van der Waals surface area contributed by atoms with Gasteiger partial charge in [0.1, 0.15) is 17.4 Å². The molecule has 4 aromatic rings. The molecule has 0 aliphatic carbocycles. The SMILES string of the molecule is Oc1ccccc1Nc1nc(-c2ccccc2F)nc2ccccc12. The van der Waals surface area contributed by atoms with Crippen LogP contribution in [0.15, 0.2) is 72.8 Å². The first kappa shape index (κ1) is 15.1. The van der Waals surface area contributed by atoms with Gasteiger partial charge in [0, 0.05) is 5.39 Å². The number of benzene rings is 3. The van der Waals surface area contributed by atoms with Crippen molar-refractivity contribution >= 4 is 22.4 Å². The highest BCUT2D eigenvalue weighted by Gasteiger charge is 2.13. The molecule has 5 heteroatoms. The van der Waals surface area contributed by atoms with Crippen LogP contribution in [0.5, 0.6) is 5.75 Å². The number of phenols is 1. The summed E-state index contributed by atoms with van der Waals surface area (Å²) in [5, 5.41) is 13.9. The van der Waals surface area contributed by atoms with Gasteiger partial charge in [0.15, 0.2) is 5.82 Å². The zero-order valence-electron chi connectivity index (χ0n) is 13.1. The van der Waals surface area contributed by atoms with Crippen molar-refractivity contribution in [3.8, 4) is 17.1 Å². The molecule has 0 aliphatic rings. The van der Waals surface area contributed by atoms with E-state index >= 15 is 0 Å². The second-order valence-electron chi connectivity index (χ2n) is 5.53. The van der Waals surface area contributed by atoms with Crippen LogP contribution in [0.4, 0.5) is 15.9 Å². The van der Waals surface area contributed by atoms with Gasteiger partial charge in [-0.2, -0.15) is 0 Å². The molecule has 0 fully saturated rings. The number of fused-ring (bicyclic) bond motifs is 1. The van der Waals surface area contributed by atoms with Crippen molar-refractivity contribution in [2.24, 2.45) is 0 Å². The van der Waals surface area contributed by atoms with Crippen LogP contribution in [-0.4, -0.2) is 15.1 Å². The standard InChI is InChI=1S/C20H14FN3O/c21-15-9-3-1-7-13(15)19-22-16-10-4-2-8-14(16)20(24-19)23-17-11-5-6-12-18(17)25/h1-12,25H,(H,22,23,24). The van der Waals surface area contributed by atoms with E-state index in [1.54, 1.807) is 36.4 Å². The van der Waals surface area contributed by atoms with Crippen molar-refractivity contribution in [3.63, 3.8) is 0 Å². The Morgan fingerprint density at radius 2 is 1.52 bits per heavy atom. The first-order valence-corrected chi connectivity index (χ1v) is 7.79. The summed E-state index contributed by atoms with van der Waals surface area (Å²) in [6.07, 6.45) is 0. The highest BCUT2D eigenvalue weighted by Crippen LogP contribution is 2.31. The summed E-state index contributed by atoms with van der Waals surface area (Å²) >= 11 is 0. The second-order valence-corrected chi connectivity index (χ2v) is 5.53. The van der Waals surface area contributed by atoms with Crippen LogP contribution in [0.3, 0.4) is 0 Å². The minimum Gasteiger partial charge on any atom is -0.506 e. The Kier molecular flexibility index (Phi) is 3.74. The molecule has 1 heterocycles. The molecule has 25 heavy (non-hydrogen) atoms. The molecule has 0 amide bonds. The number of phenolic OH excluding ortho intramolecular Hbond substituents is 1. The lowest BCUT2D eigenvalue weighted by Crippen LogP contribution is -2.00. The van der Waals surface area contributed by atoms with Crippen molar-refractivity contribution in [1.29, 1.82) is 0 Å². The monoisotopic (exact) mass is 331 g/mol. The van der Waals surface area contributed by atoms with Gasteiger partial charge in [-0.3, -0.25) is 0 Å². The van der Waals surface area contributed by atoms with Gasteiger partial charge in [-0.1, -0.05) is 36.4 Å². The molecule has 1 aromatic heterocycles. The van der Waals surface area contributed by atoms with Gasteiger partial charge in [0.2, 0.25) is 0 Å². The average molecular weight is 331 g/mol. The fourth-order valence-electron chi connectivity index (χ4n) is 2.64. The zero-order chi connectivity index (χ0) is 17.2. The van der Waals surface area contributed by atoms with E-state index in [1.807, 2.05) is 30.3 Å². The molecule has 4 nitrogen and oxygen atoms in total. The van der Waals surface area contributed by atoms with Gasteiger partial charge in [-0.05, 0) is 36.4 Å². The minimum absolute atomic E-state index is 0.109. The molecular weight excluding hydrogens is 317 g/mol. The highest BCUT2D eigenvalue weighted by atomic mass is 19.1. The number of hydrogen-bond donors (Lipinski definition) is 2. The molecule has 0 bridgehead atoms. The van der Waals surface area contributed by atoms with Crippen molar-refractivity contribution < 1.29 is 9.50 Å². The van der Waals surface area contributed by atoms with Crippen LogP contribution in [0.1, 0.15) is 0 Å². The summed E-state index contributed by atoms with van der Waals surface area (Å²) in [5.74, 6) is 0.518. The number of para-hydroxylation sites is 3. The van der Waals surface area contributed by atoms with Crippen molar-refractivity contribution in [2.45, 2.75) is 0 Å². The normalized spacial score (nSPS) is 10.8. The van der Waals surface area contributed by atoms with E-state index in [0.717, 1.165) is 5.39 Å². The maximum absolute atomic E-state index is 14.2. The lowest BCUT2D eigenvalue weighted by molar-refractivity contribution is 0.477. The van der Waals surface area contributed by atoms with Gasteiger partial charge >= 0.3 is 0 Å². The van der Waals surface area contributed by atoms with Crippen molar-refractivity contribution in [2.75, 3.05) is 5.32 Å². The van der Waals surface area contributed by atoms with E-state index in [0.29, 0.717) is 22.6 Å². The van der Waals surface area contributed by atoms with Gasteiger partial charge in [0.25, 0.3) is 0 Å². The molecule has 2 N–H and O–H groups in total. The molecule has 0 saturated heterocycles. The molecule has 3 aromatic carbocycles. The highest BCUT2D eigenvalue weighted by molar-refractivity contribution is 5.92. The van der Waals surface area contributed by atoms with Crippen molar-refractivity contribution in [1.82, 2.24) is 9.97 Å². The average Bonchev–Trinajstić information content (AvgIpc) is 2.64. The third-order valence-corrected chi connectivity index (χ3v) is 3.88. The Hall–Kier alpha value is -3.47. The first-order valence-electron chi connectivity index (χ1n) is 7.79. The van der Waals surface area contributed by atoms with E-state index in [1.165, 1.54) is 6.07 Å². The van der Waals surface area contributed by atoms with Crippen LogP contribution in [0.25, 0.3) is 22.3 Å². The minimum atomic E-state index is -0.383. The predicted octanol–water partition coefficient (Wildman–Crippen LogP) is 4.89. The number of rotatable bonds is 3. The van der Waals surface area contributed by atoms with E-state index in [-0.39, 0.29) is 17.4 Å². The number of hydrogen-bond acceptors (Lipinski definition) is 4. The van der Waals surface area contributed by atoms with Crippen LogP contribution < -0.4 is 5.32 Å².